The molecule has 0 bridgehead atoms. The van der Waals surface area contributed by atoms with Crippen LogP contribution in [0.1, 0.15) is 73.7 Å². The molecular weight excluding hydrogens is 698 g/mol. The number of aryl methyl sites for hydroxylation is 1. The number of nitrogens with zero attached hydrogens (tertiary/aromatic N) is 2. The van der Waals surface area contributed by atoms with Gasteiger partial charge in [0.05, 0.1) is 27.8 Å². The van der Waals surface area contributed by atoms with E-state index in [1.807, 2.05) is 4.72 Å². The zero-order valence-corrected chi connectivity index (χ0v) is 28.8. The SMILES string of the molecule is Cc1ccc(C(F)(F)F)c(C)c1-c1nc(NS(=O)(=O)c2cccc(C(=O)O)c2)nc(OC[C@@H](CC(C)C)NC(=O)OC(C)(C)C)c1C(F)(F)F. The minimum Gasteiger partial charge on any atom is -0.478 e. The third-order valence-electron chi connectivity index (χ3n) is 6.89. The Morgan fingerprint density at radius 1 is 0.960 bits per heavy atom. The molecule has 50 heavy (non-hydrogen) atoms. The molecule has 1 amide bonds. The Kier molecular flexibility index (Phi) is 11.7. The lowest BCUT2D eigenvalue weighted by atomic mass is 9.92. The van der Waals surface area contributed by atoms with Gasteiger partial charge < -0.3 is 19.9 Å². The van der Waals surface area contributed by atoms with E-state index in [1.165, 1.54) is 6.92 Å². The first-order chi connectivity index (χ1) is 22.8. The standard InChI is InChI=1S/C32H36F6N4O7S/c1-16(2)13-20(39-29(45)49-30(5,6)7)15-48-26-24(32(36,37)38)25(23-17(3)11-12-22(18(23)4)31(33,34)35)40-28(41-26)42-50(46,47)21-10-8-9-19(14-21)27(43)44/h8-12,14,16,20H,13,15H2,1-7H3,(H,39,45)(H,43,44)(H,40,41,42)/t20-/m1/s1. The van der Waals surface area contributed by atoms with Gasteiger partial charge in [0.15, 0.2) is 0 Å². The number of carbonyl (C=O) groups is 2. The van der Waals surface area contributed by atoms with Crippen LogP contribution in [0.15, 0.2) is 41.3 Å². The lowest BCUT2D eigenvalue weighted by Gasteiger charge is -2.26. The van der Waals surface area contributed by atoms with Crippen LogP contribution in [0.25, 0.3) is 11.3 Å². The van der Waals surface area contributed by atoms with Crippen LogP contribution in [0.5, 0.6) is 5.88 Å². The number of carboxylic acids is 1. The number of aromatic carboxylic acids is 1. The van der Waals surface area contributed by atoms with Crippen LogP contribution in [0.2, 0.25) is 0 Å². The Morgan fingerprint density at radius 2 is 1.60 bits per heavy atom. The third kappa shape index (κ3) is 10.2. The molecule has 0 radical (unpaired) electrons. The fourth-order valence-corrected chi connectivity index (χ4v) is 5.90. The number of hydrogen-bond acceptors (Lipinski definition) is 8. The number of aromatic nitrogens is 2. The molecule has 2 aromatic carbocycles. The van der Waals surface area contributed by atoms with E-state index in [-0.39, 0.29) is 17.9 Å². The molecule has 11 nitrogen and oxygen atoms in total. The summed E-state index contributed by atoms with van der Waals surface area (Å²) in [6, 6.07) is 4.63. The van der Waals surface area contributed by atoms with E-state index in [0.29, 0.717) is 6.07 Å². The van der Waals surface area contributed by atoms with Crippen molar-refractivity contribution in [3.8, 4) is 17.1 Å². The van der Waals surface area contributed by atoms with Crippen molar-refractivity contribution in [3.63, 3.8) is 0 Å². The van der Waals surface area contributed by atoms with Crippen LogP contribution in [-0.4, -0.2) is 53.8 Å². The van der Waals surface area contributed by atoms with Gasteiger partial charge in [-0.1, -0.05) is 26.0 Å². The highest BCUT2D eigenvalue weighted by molar-refractivity contribution is 7.92. The first kappa shape index (κ1) is 39.8. The molecule has 0 aliphatic rings. The number of halogens is 6. The average molecular weight is 735 g/mol. The van der Waals surface area contributed by atoms with Gasteiger partial charge in [-0.05, 0) is 82.3 Å². The number of anilines is 1. The minimum atomic E-state index is -5.36. The molecule has 0 unspecified atom stereocenters. The largest absolute Gasteiger partial charge is 0.478 e. The Hall–Kier alpha value is -4.61. The maximum Gasteiger partial charge on any atom is 0.423 e. The molecule has 0 fully saturated rings. The number of hydrogen-bond donors (Lipinski definition) is 3. The maximum atomic E-state index is 14.9. The van der Waals surface area contributed by atoms with Crippen molar-refractivity contribution in [2.75, 3.05) is 11.3 Å². The molecule has 1 atom stereocenters. The predicted octanol–water partition coefficient (Wildman–Crippen LogP) is 7.62. The molecule has 3 N–H and O–H groups in total. The van der Waals surface area contributed by atoms with Gasteiger partial charge in [0, 0.05) is 5.56 Å². The molecule has 0 aliphatic carbocycles. The van der Waals surface area contributed by atoms with Crippen LogP contribution in [-0.2, 0) is 27.1 Å². The molecule has 0 saturated heterocycles. The van der Waals surface area contributed by atoms with Gasteiger partial charge >= 0.3 is 24.4 Å². The Bertz CT molecular complexity index is 1860. The van der Waals surface area contributed by atoms with Gasteiger partial charge in [0.2, 0.25) is 11.8 Å². The van der Waals surface area contributed by atoms with Gasteiger partial charge in [0.1, 0.15) is 17.8 Å². The zero-order valence-electron chi connectivity index (χ0n) is 28.0. The van der Waals surface area contributed by atoms with Gasteiger partial charge in [0.25, 0.3) is 10.0 Å². The summed E-state index contributed by atoms with van der Waals surface area (Å²) in [5.41, 5.74) is -6.78. The van der Waals surface area contributed by atoms with Crippen LogP contribution >= 0.6 is 0 Å². The summed E-state index contributed by atoms with van der Waals surface area (Å²) in [6.45, 7) is 9.83. The summed E-state index contributed by atoms with van der Waals surface area (Å²) in [6.07, 6.45) is -11.1. The van der Waals surface area contributed by atoms with Crippen LogP contribution in [0.3, 0.4) is 0 Å². The second-order valence-electron chi connectivity index (χ2n) is 12.7. The minimum absolute atomic E-state index is 0.0714. The average Bonchev–Trinajstić information content (AvgIpc) is 2.93. The highest BCUT2D eigenvalue weighted by Gasteiger charge is 2.43. The van der Waals surface area contributed by atoms with E-state index < -0.39 is 103 Å². The maximum absolute atomic E-state index is 14.9. The molecule has 0 saturated carbocycles. The highest BCUT2D eigenvalue weighted by atomic mass is 32.2. The quantitative estimate of drug-likeness (QED) is 0.169. The fraction of sp³-hybridized carbons (Fsp3) is 0.438. The first-order valence-corrected chi connectivity index (χ1v) is 16.4. The third-order valence-corrected chi connectivity index (χ3v) is 8.22. The summed E-state index contributed by atoms with van der Waals surface area (Å²) >= 11 is 0. The molecule has 18 heteroatoms. The summed E-state index contributed by atoms with van der Waals surface area (Å²) in [5, 5.41) is 11.8. The molecular formula is C32H36F6N4O7S. The monoisotopic (exact) mass is 734 g/mol. The number of alkyl halides is 6. The van der Waals surface area contributed by atoms with Crippen LogP contribution in [0, 0.1) is 19.8 Å². The molecule has 3 rings (SSSR count). The molecule has 0 spiro atoms. The van der Waals surface area contributed by atoms with Crippen molar-refractivity contribution in [3.05, 3.63) is 64.2 Å². The summed E-state index contributed by atoms with van der Waals surface area (Å²) in [4.78, 5) is 30.8. The van der Waals surface area contributed by atoms with Crippen molar-refractivity contribution in [2.45, 2.75) is 83.8 Å². The first-order valence-electron chi connectivity index (χ1n) is 15.0. The zero-order chi connectivity index (χ0) is 38.0. The Balaban J connectivity index is 2.29. The smallest absolute Gasteiger partial charge is 0.423 e. The lowest BCUT2D eigenvalue weighted by Crippen LogP contribution is -2.43. The molecule has 1 heterocycles. The number of alkyl carbamates (subject to hydrolysis) is 1. The number of carbonyl (C=O) groups excluding carboxylic acids is 1. The van der Waals surface area contributed by atoms with E-state index in [9.17, 15) is 49.5 Å². The summed E-state index contributed by atoms with van der Waals surface area (Å²) in [5.74, 6) is -3.88. The van der Waals surface area contributed by atoms with Gasteiger partial charge in [-0.2, -0.15) is 31.3 Å². The Morgan fingerprint density at radius 3 is 2.14 bits per heavy atom. The number of nitrogens with one attached hydrogen (secondary N) is 2. The topological polar surface area (TPSA) is 157 Å². The van der Waals surface area contributed by atoms with Crippen LogP contribution < -0.4 is 14.8 Å². The van der Waals surface area contributed by atoms with E-state index in [1.54, 1.807) is 34.6 Å². The molecule has 0 aliphatic heterocycles. The number of amides is 1. The van der Waals surface area contributed by atoms with Crippen molar-refractivity contribution >= 4 is 28.0 Å². The second kappa shape index (κ2) is 14.7. The van der Waals surface area contributed by atoms with Crippen molar-refractivity contribution in [1.29, 1.82) is 0 Å². The normalized spacial score (nSPS) is 13.2. The van der Waals surface area contributed by atoms with E-state index in [4.69, 9.17) is 9.47 Å². The number of rotatable bonds is 11. The number of ether oxygens (including phenoxy) is 2. The van der Waals surface area contributed by atoms with Crippen molar-refractivity contribution in [2.24, 2.45) is 5.92 Å². The van der Waals surface area contributed by atoms with E-state index in [2.05, 4.69) is 15.3 Å². The van der Waals surface area contributed by atoms with Crippen molar-refractivity contribution in [1.82, 2.24) is 15.3 Å². The fourth-order valence-electron chi connectivity index (χ4n) is 4.91. The summed E-state index contributed by atoms with van der Waals surface area (Å²) < 4.78 is 126. The van der Waals surface area contributed by atoms with Crippen LogP contribution in [0.4, 0.5) is 37.1 Å². The highest BCUT2D eigenvalue weighted by Crippen LogP contribution is 2.45. The van der Waals surface area contributed by atoms with Gasteiger partial charge in [-0.3, -0.25) is 0 Å². The van der Waals surface area contributed by atoms with Crippen molar-refractivity contribution < 1.29 is 58.9 Å². The molecule has 1 aromatic heterocycles. The molecule has 3 aromatic rings. The summed E-state index contributed by atoms with van der Waals surface area (Å²) in [7, 11) is -4.79. The Labute approximate surface area is 284 Å². The molecule has 274 valence electrons. The number of carboxylic acid groups (broad SMARTS) is 1. The second-order valence-corrected chi connectivity index (χ2v) is 14.4. The number of sulfonamides is 1. The van der Waals surface area contributed by atoms with E-state index in [0.717, 1.165) is 37.3 Å². The lowest BCUT2D eigenvalue weighted by molar-refractivity contribution is -0.139. The number of benzene rings is 2. The van der Waals surface area contributed by atoms with Gasteiger partial charge in [-0.15, -0.1) is 0 Å². The predicted molar refractivity (Wildman–Crippen MR) is 169 cm³/mol. The van der Waals surface area contributed by atoms with Gasteiger partial charge in [-0.25, -0.2) is 27.7 Å². The van der Waals surface area contributed by atoms with E-state index >= 15 is 0 Å².